The number of rotatable bonds is 9. The molecule has 3 rings (SSSR count). The molecule has 0 aliphatic carbocycles. The summed E-state index contributed by atoms with van der Waals surface area (Å²) in [6.07, 6.45) is 1.83. The number of hydrogen-bond acceptors (Lipinski definition) is 3. The highest BCUT2D eigenvalue weighted by atomic mass is 127. The molecule has 0 saturated carbocycles. The van der Waals surface area contributed by atoms with Gasteiger partial charge in [-0.05, 0) is 37.6 Å². The van der Waals surface area contributed by atoms with Crippen LogP contribution in [0.1, 0.15) is 19.2 Å². The van der Waals surface area contributed by atoms with E-state index in [4.69, 9.17) is 9.73 Å². The van der Waals surface area contributed by atoms with Crippen molar-refractivity contribution >= 4 is 41.0 Å². The summed E-state index contributed by atoms with van der Waals surface area (Å²) in [6.45, 7) is 5.06. The lowest BCUT2D eigenvalue weighted by atomic mass is 10.3. The molecule has 29 heavy (non-hydrogen) atoms. The summed E-state index contributed by atoms with van der Waals surface area (Å²) in [4.78, 5) is 14.8. The second-order valence-corrected chi connectivity index (χ2v) is 6.62. The van der Waals surface area contributed by atoms with Crippen molar-refractivity contribution in [2.24, 2.45) is 4.99 Å². The molecule has 0 radical (unpaired) electrons. The number of fused-ring (bicyclic) bond motifs is 1. The normalized spacial score (nSPS) is 11.2. The van der Waals surface area contributed by atoms with Crippen molar-refractivity contribution in [1.29, 1.82) is 0 Å². The predicted octanol–water partition coefficient (Wildman–Crippen LogP) is 4.09. The third kappa shape index (κ3) is 7.23. The largest absolute Gasteiger partial charge is 0.492 e. The molecule has 6 nitrogen and oxygen atoms in total. The Kier molecular flexibility index (Phi) is 9.76. The zero-order chi connectivity index (χ0) is 19.6. The van der Waals surface area contributed by atoms with E-state index in [0.717, 1.165) is 61.0 Å². The molecule has 1 heterocycles. The second-order valence-electron chi connectivity index (χ2n) is 6.62. The van der Waals surface area contributed by atoms with Crippen LogP contribution in [0.25, 0.3) is 11.0 Å². The van der Waals surface area contributed by atoms with Gasteiger partial charge >= 0.3 is 0 Å². The van der Waals surface area contributed by atoms with Gasteiger partial charge in [-0.3, -0.25) is 4.99 Å². The molecule has 156 valence electrons. The monoisotopic (exact) mass is 507 g/mol. The predicted molar refractivity (Wildman–Crippen MR) is 130 cm³/mol. The molecule has 7 heteroatoms. The van der Waals surface area contributed by atoms with Gasteiger partial charge in [-0.2, -0.15) is 0 Å². The minimum Gasteiger partial charge on any atom is -0.492 e. The summed E-state index contributed by atoms with van der Waals surface area (Å²) >= 11 is 0. The van der Waals surface area contributed by atoms with Crippen molar-refractivity contribution in [3.05, 3.63) is 60.4 Å². The summed E-state index contributed by atoms with van der Waals surface area (Å²) in [6, 6.07) is 18.0. The Bertz CT molecular complexity index is 848. The van der Waals surface area contributed by atoms with Gasteiger partial charge < -0.3 is 19.9 Å². The molecule has 0 unspecified atom stereocenters. The van der Waals surface area contributed by atoms with Crippen molar-refractivity contribution in [3.8, 4) is 5.75 Å². The lowest BCUT2D eigenvalue weighted by molar-refractivity contribution is 0.281. The number of ether oxygens (including phenoxy) is 1. The molecule has 0 fully saturated rings. The summed E-state index contributed by atoms with van der Waals surface area (Å²) < 4.78 is 5.78. The molecule has 0 saturated heterocycles. The number of nitrogens with zero attached hydrogens (tertiary/aromatic N) is 3. The third-order valence-corrected chi connectivity index (χ3v) is 4.41. The highest BCUT2D eigenvalue weighted by Gasteiger charge is 2.06. The highest BCUT2D eigenvalue weighted by Crippen LogP contribution is 2.11. The van der Waals surface area contributed by atoms with Crippen molar-refractivity contribution in [3.63, 3.8) is 0 Å². The number of H-pyrrole nitrogens is 1. The Morgan fingerprint density at radius 1 is 1.14 bits per heavy atom. The zero-order valence-electron chi connectivity index (χ0n) is 17.1. The van der Waals surface area contributed by atoms with Gasteiger partial charge in [0.25, 0.3) is 0 Å². The number of para-hydroxylation sites is 3. The Morgan fingerprint density at radius 3 is 2.66 bits per heavy atom. The molecule has 2 N–H and O–H groups in total. The molecule has 0 atom stereocenters. The number of benzene rings is 2. The van der Waals surface area contributed by atoms with Gasteiger partial charge in [0.05, 0.1) is 17.6 Å². The molecular formula is C22H30IN5O. The smallest absolute Gasteiger partial charge is 0.193 e. The van der Waals surface area contributed by atoms with E-state index in [2.05, 4.69) is 33.2 Å². The molecule has 0 amide bonds. The number of aromatic nitrogens is 2. The summed E-state index contributed by atoms with van der Waals surface area (Å²) in [5.74, 6) is 2.82. The first-order valence-electron chi connectivity index (χ1n) is 9.87. The topological polar surface area (TPSA) is 65.5 Å². The quantitative estimate of drug-likeness (QED) is 0.198. The first kappa shape index (κ1) is 23.0. The average Bonchev–Trinajstić information content (AvgIpc) is 3.14. The van der Waals surface area contributed by atoms with E-state index in [1.54, 1.807) is 0 Å². The Morgan fingerprint density at radius 2 is 1.90 bits per heavy atom. The lowest BCUT2D eigenvalue weighted by Gasteiger charge is -2.22. The molecule has 1 aromatic heterocycles. The fourth-order valence-corrected chi connectivity index (χ4v) is 2.95. The lowest BCUT2D eigenvalue weighted by Crippen LogP contribution is -2.41. The van der Waals surface area contributed by atoms with Crippen LogP contribution in [-0.2, 0) is 6.42 Å². The number of aryl methyl sites for hydroxylation is 1. The van der Waals surface area contributed by atoms with Gasteiger partial charge in [0.1, 0.15) is 18.2 Å². The number of guanidine groups is 1. The van der Waals surface area contributed by atoms with Gasteiger partial charge in [0, 0.05) is 26.6 Å². The molecule has 3 aromatic rings. The maximum atomic E-state index is 5.78. The number of nitrogens with one attached hydrogen (secondary N) is 2. The first-order chi connectivity index (χ1) is 13.8. The summed E-state index contributed by atoms with van der Waals surface area (Å²) in [7, 11) is 2.04. The van der Waals surface area contributed by atoms with Crippen LogP contribution in [0.2, 0.25) is 0 Å². The Labute approximate surface area is 189 Å². The van der Waals surface area contributed by atoms with Crippen molar-refractivity contribution in [2.45, 2.75) is 19.8 Å². The summed E-state index contributed by atoms with van der Waals surface area (Å²) in [5.41, 5.74) is 2.11. The number of likely N-dealkylation sites (N-methyl/N-ethyl adjacent to an activating group) is 1. The van der Waals surface area contributed by atoms with Crippen molar-refractivity contribution in [1.82, 2.24) is 20.2 Å². The van der Waals surface area contributed by atoms with Crippen molar-refractivity contribution in [2.75, 3.05) is 33.3 Å². The summed E-state index contributed by atoms with van der Waals surface area (Å²) in [5, 5.41) is 3.35. The van der Waals surface area contributed by atoms with Crippen LogP contribution in [0.5, 0.6) is 5.75 Å². The maximum Gasteiger partial charge on any atom is 0.193 e. The molecule has 0 bridgehead atoms. The van der Waals surface area contributed by atoms with E-state index >= 15 is 0 Å². The maximum absolute atomic E-state index is 5.78. The van der Waals surface area contributed by atoms with Crippen LogP contribution in [0, 0.1) is 0 Å². The number of aliphatic imine (C=N–C) groups is 1. The number of imidazole rings is 1. The molecule has 0 aliphatic heterocycles. The first-order valence-corrected chi connectivity index (χ1v) is 9.87. The van der Waals surface area contributed by atoms with E-state index in [0.29, 0.717) is 6.61 Å². The number of halogens is 1. The minimum atomic E-state index is 0. The van der Waals surface area contributed by atoms with Gasteiger partial charge in [0.2, 0.25) is 0 Å². The molecular weight excluding hydrogens is 477 g/mol. The van der Waals surface area contributed by atoms with Crippen LogP contribution in [0.4, 0.5) is 0 Å². The third-order valence-electron chi connectivity index (χ3n) is 4.41. The number of aromatic amines is 1. The standard InChI is InChI=1S/C22H29N5O.HI/c1-3-23-22(27(2)16-17-28-18-10-5-4-6-11-18)24-15-9-14-21-25-19-12-7-8-13-20(19)26-21;/h4-8,10-13H,3,9,14-17H2,1-2H3,(H,23,24)(H,25,26);1H. The SMILES string of the molecule is CCNC(=NCCCc1nc2ccccc2[nH]1)N(C)CCOc1ccccc1.I. The van der Waals surface area contributed by atoms with Crippen molar-refractivity contribution < 1.29 is 4.74 Å². The van der Waals surface area contributed by atoms with Crippen LogP contribution in [0.15, 0.2) is 59.6 Å². The molecule has 0 spiro atoms. The second kappa shape index (κ2) is 12.3. The Hall–Kier alpha value is -2.29. The van der Waals surface area contributed by atoms with Gasteiger partial charge in [0.15, 0.2) is 5.96 Å². The van der Waals surface area contributed by atoms with E-state index < -0.39 is 0 Å². The number of hydrogen-bond donors (Lipinski definition) is 2. The van der Waals surface area contributed by atoms with Gasteiger partial charge in [-0.1, -0.05) is 30.3 Å². The van der Waals surface area contributed by atoms with Crippen LogP contribution in [0.3, 0.4) is 0 Å². The van der Waals surface area contributed by atoms with E-state index in [1.807, 2.05) is 55.6 Å². The Balaban J connectivity index is 0.00000300. The molecule has 2 aromatic carbocycles. The van der Waals surface area contributed by atoms with Crippen LogP contribution >= 0.6 is 24.0 Å². The van der Waals surface area contributed by atoms with E-state index in [-0.39, 0.29) is 24.0 Å². The van der Waals surface area contributed by atoms with Crippen LogP contribution < -0.4 is 10.1 Å². The average molecular weight is 507 g/mol. The highest BCUT2D eigenvalue weighted by molar-refractivity contribution is 14.0. The van der Waals surface area contributed by atoms with Gasteiger partial charge in [-0.25, -0.2) is 4.98 Å². The fraction of sp³-hybridized carbons (Fsp3) is 0.364. The molecule has 0 aliphatic rings. The minimum absolute atomic E-state index is 0. The zero-order valence-corrected chi connectivity index (χ0v) is 19.4. The van der Waals surface area contributed by atoms with E-state index in [9.17, 15) is 0 Å². The van der Waals surface area contributed by atoms with E-state index in [1.165, 1.54) is 0 Å². The van der Waals surface area contributed by atoms with Gasteiger partial charge in [-0.15, -0.1) is 24.0 Å². The van der Waals surface area contributed by atoms with Crippen LogP contribution in [-0.4, -0.2) is 54.1 Å². The fourth-order valence-electron chi connectivity index (χ4n) is 2.95.